The number of hydrogen-bond donors (Lipinski definition) is 1. The fourth-order valence-corrected chi connectivity index (χ4v) is 4.29. The van der Waals surface area contributed by atoms with Crippen LogP contribution in [-0.4, -0.2) is 59.6 Å². The standard InChI is InChI=1S/C23H20N4O4/c1-14(28)25-10-12-26(13-11-25)23(31)27-18-9-5-3-7-16(18)19(22(27)30)20-21(29)15-6-2-4-8-17(15)24-20/h2-9,24H,10-13H2,1H3/b20-19-. The van der Waals surface area contributed by atoms with Crippen LogP contribution in [0.5, 0.6) is 0 Å². The van der Waals surface area contributed by atoms with Crippen molar-refractivity contribution < 1.29 is 19.2 Å². The number of amides is 4. The molecule has 0 radical (unpaired) electrons. The van der Waals surface area contributed by atoms with Gasteiger partial charge in [-0.1, -0.05) is 30.3 Å². The van der Waals surface area contributed by atoms with E-state index in [-0.39, 0.29) is 23.0 Å². The number of nitrogens with one attached hydrogen (secondary N) is 1. The van der Waals surface area contributed by atoms with Gasteiger partial charge in [0.2, 0.25) is 11.7 Å². The first-order valence-corrected chi connectivity index (χ1v) is 10.1. The number of ketones is 1. The van der Waals surface area contributed by atoms with Crippen molar-refractivity contribution in [1.29, 1.82) is 0 Å². The average molecular weight is 416 g/mol. The number of imide groups is 1. The Hall–Kier alpha value is -3.94. The monoisotopic (exact) mass is 416 g/mol. The summed E-state index contributed by atoms with van der Waals surface area (Å²) < 4.78 is 0. The van der Waals surface area contributed by atoms with Crippen LogP contribution in [-0.2, 0) is 9.59 Å². The smallest absolute Gasteiger partial charge is 0.331 e. The molecule has 0 aliphatic carbocycles. The molecule has 3 aliphatic rings. The Bertz CT molecular complexity index is 1180. The van der Waals surface area contributed by atoms with Crippen LogP contribution in [0, 0.1) is 0 Å². The number of Topliss-reactive ketones (excluding diaryl/α,β-unsaturated/α-hetero) is 1. The van der Waals surface area contributed by atoms with Crippen LogP contribution in [0.1, 0.15) is 22.8 Å². The van der Waals surface area contributed by atoms with E-state index in [4.69, 9.17) is 0 Å². The molecule has 8 nitrogen and oxygen atoms in total. The van der Waals surface area contributed by atoms with Gasteiger partial charge in [0.25, 0.3) is 5.91 Å². The number of rotatable bonds is 0. The summed E-state index contributed by atoms with van der Waals surface area (Å²) in [7, 11) is 0. The molecule has 2 aromatic carbocycles. The highest BCUT2D eigenvalue weighted by Gasteiger charge is 2.43. The van der Waals surface area contributed by atoms with Crippen molar-refractivity contribution in [3.8, 4) is 0 Å². The number of urea groups is 1. The van der Waals surface area contributed by atoms with Crippen molar-refractivity contribution in [3.05, 3.63) is 65.4 Å². The summed E-state index contributed by atoms with van der Waals surface area (Å²) in [6.07, 6.45) is 0. The van der Waals surface area contributed by atoms with Gasteiger partial charge in [-0.2, -0.15) is 0 Å². The maximum atomic E-state index is 13.5. The Balaban J connectivity index is 1.51. The van der Waals surface area contributed by atoms with E-state index in [1.807, 2.05) is 6.07 Å². The lowest BCUT2D eigenvalue weighted by molar-refractivity contribution is -0.130. The van der Waals surface area contributed by atoms with Gasteiger partial charge in [-0.3, -0.25) is 14.4 Å². The first-order valence-electron chi connectivity index (χ1n) is 10.1. The number of piperazine rings is 1. The number of nitrogens with zero attached hydrogens (tertiary/aromatic N) is 3. The Labute approximate surface area is 178 Å². The van der Waals surface area contributed by atoms with E-state index in [2.05, 4.69) is 5.32 Å². The third-order valence-corrected chi connectivity index (χ3v) is 5.93. The SMILES string of the molecule is CC(=O)N1CCN(C(=O)N2C(=O)/C(=C3\Nc4ccccc4C3=O)c3ccccc32)CC1. The highest BCUT2D eigenvalue weighted by Crippen LogP contribution is 2.42. The fraction of sp³-hybridized carbons (Fsp3) is 0.217. The zero-order chi connectivity index (χ0) is 21.7. The van der Waals surface area contributed by atoms with Crippen molar-refractivity contribution in [1.82, 2.24) is 9.80 Å². The van der Waals surface area contributed by atoms with Crippen molar-refractivity contribution in [2.75, 3.05) is 36.4 Å². The Kier molecular flexibility index (Phi) is 4.35. The molecule has 2 aromatic rings. The molecule has 0 spiro atoms. The Morgan fingerprint density at radius 2 is 1.45 bits per heavy atom. The van der Waals surface area contributed by atoms with Crippen LogP contribution < -0.4 is 10.2 Å². The van der Waals surface area contributed by atoms with Crippen LogP contribution in [0.25, 0.3) is 5.57 Å². The third-order valence-electron chi connectivity index (χ3n) is 5.93. The number of anilines is 2. The number of hydrogen-bond acceptors (Lipinski definition) is 5. The second kappa shape index (κ2) is 7.09. The predicted octanol–water partition coefficient (Wildman–Crippen LogP) is 2.34. The molecule has 3 aliphatic heterocycles. The van der Waals surface area contributed by atoms with Gasteiger partial charge < -0.3 is 15.1 Å². The predicted molar refractivity (Wildman–Crippen MR) is 114 cm³/mol. The molecule has 0 aromatic heterocycles. The molecular weight excluding hydrogens is 396 g/mol. The minimum absolute atomic E-state index is 0.0351. The van der Waals surface area contributed by atoms with Gasteiger partial charge in [-0.25, -0.2) is 9.69 Å². The normalized spacial score (nSPS) is 20.0. The topological polar surface area (TPSA) is 90.0 Å². The summed E-state index contributed by atoms with van der Waals surface area (Å²) in [6.45, 7) is 3.04. The third kappa shape index (κ3) is 2.91. The van der Waals surface area contributed by atoms with E-state index in [0.717, 1.165) is 4.90 Å². The van der Waals surface area contributed by atoms with Gasteiger partial charge in [0.05, 0.1) is 11.3 Å². The number of para-hydroxylation sites is 2. The van der Waals surface area contributed by atoms with Crippen LogP contribution >= 0.6 is 0 Å². The maximum Gasteiger partial charge on any atom is 0.331 e. The van der Waals surface area contributed by atoms with Gasteiger partial charge in [0, 0.05) is 49.9 Å². The summed E-state index contributed by atoms with van der Waals surface area (Å²) in [5, 5.41) is 3.07. The lowest BCUT2D eigenvalue weighted by atomic mass is 10.0. The number of allylic oxidation sites excluding steroid dienone is 1. The maximum absolute atomic E-state index is 13.5. The quantitative estimate of drug-likeness (QED) is 0.666. The van der Waals surface area contributed by atoms with E-state index < -0.39 is 11.9 Å². The zero-order valence-electron chi connectivity index (χ0n) is 16.9. The second-order valence-electron chi connectivity index (χ2n) is 7.68. The molecule has 156 valence electrons. The van der Waals surface area contributed by atoms with Gasteiger partial charge in [-0.15, -0.1) is 0 Å². The molecule has 0 bridgehead atoms. The summed E-state index contributed by atoms with van der Waals surface area (Å²) in [6, 6.07) is 13.6. The molecule has 1 N–H and O–H groups in total. The lowest BCUT2D eigenvalue weighted by Gasteiger charge is -2.35. The highest BCUT2D eigenvalue weighted by molar-refractivity contribution is 6.44. The minimum atomic E-state index is -0.524. The molecule has 1 fully saturated rings. The Morgan fingerprint density at radius 3 is 2.13 bits per heavy atom. The van der Waals surface area contributed by atoms with Crippen LogP contribution in [0.4, 0.5) is 16.2 Å². The molecule has 0 saturated carbocycles. The molecule has 0 atom stereocenters. The molecule has 4 amide bonds. The van der Waals surface area contributed by atoms with E-state index in [9.17, 15) is 19.2 Å². The molecule has 0 unspecified atom stereocenters. The first-order chi connectivity index (χ1) is 15.0. The number of carbonyl (C=O) groups is 4. The molecule has 1 saturated heterocycles. The Morgan fingerprint density at radius 1 is 0.839 bits per heavy atom. The largest absolute Gasteiger partial charge is 0.351 e. The zero-order valence-corrected chi connectivity index (χ0v) is 16.9. The van der Waals surface area contributed by atoms with Crippen molar-refractivity contribution in [3.63, 3.8) is 0 Å². The van der Waals surface area contributed by atoms with E-state index in [0.29, 0.717) is 48.7 Å². The first kappa shape index (κ1) is 19.0. The molecular formula is C23H20N4O4. The van der Waals surface area contributed by atoms with Gasteiger partial charge >= 0.3 is 6.03 Å². The summed E-state index contributed by atoms with van der Waals surface area (Å²) >= 11 is 0. The van der Waals surface area contributed by atoms with Crippen molar-refractivity contribution in [2.24, 2.45) is 0 Å². The van der Waals surface area contributed by atoms with Crippen LogP contribution in [0.15, 0.2) is 54.2 Å². The van der Waals surface area contributed by atoms with Crippen LogP contribution in [0.2, 0.25) is 0 Å². The van der Waals surface area contributed by atoms with Gasteiger partial charge in [0.15, 0.2) is 0 Å². The van der Waals surface area contributed by atoms with Gasteiger partial charge in [0.1, 0.15) is 5.70 Å². The van der Waals surface area contributed by atoms with Crippen LogP contribution in [0.3, 0.4) is 0 Å². The molecule has 31 heavy (non-hydrogen) atoms. The fourth-order valence-electron chi connectivity index (χ4n) is 4.29. The lowest BCUT2D eigenvalue weighted by Crippen LogP contribution is -2.54. The van der Waals surface area contributed by atoms with E-state index >= 15 is 0 Å². The minimum Gasteiger partial charge on any atom is -0.351 e. The highest BCUT2D eigenvalue weighted by atomic mass is 16.2. The number of fused-ring (bicyclic) bond motifs is 2. The second-order valence-corrected chi connectivity index (χ2v) is 7.68. The summed E-state index contributed by atoms with van der Waals surface area (Å²) in [5.74, 6) is -0.825. The molecule has 5 rings (SSSR count). The van der Waals surface area contributed by atoms with Crippen molar-refractivity contribution in [2.45, 2.75) is 6.92 Å². The van der Waals surface area contributed by atoms with E-state index in [1.54, 1.807) is 52.3 Å². The molecule has 8 heteroatoms. The summed E-state index contributed by atoms with van der Waals surface area (Å²) in [4.78, 5) is 55.7. The van der Waals surface area contributed by atoms with E-state index in [1.165, 1.54) is 6.92 Å². The number of benzene rings is 2. The van der Waals surface area contributed by atoms with Gasteiger partial charge in [-0.05, 0) is 18.2 Å². The van der Waals surface area contributed by atoms with Crippen molar-refractivity contribution >= 4 is 40.6 Å². The average Bonchev–Trinajstić information content (AvgIpc) is 3.26. The number of carbonyl (C=O) groups excluding carboxylic acids is 4. The molecule has 3 heterocycles. The summed E-state index contributed by atoms with van der Waals surface area (Å²) in [5.41, 5.74) is 2.54.